The molecular weight excluding hydrogens is 362 g/mol. The van der Waals surface area contributed by atoms with Gasteiger partial charge in [-0.25, -0.2) is 9.78 Å². The van der Waals surface area contributed by atoms with Crippen LogP contribution in [-0.2, 0) is 4.74 Å². The smallest absolute Gasteiger partial charge is 0.407 e. The van der Waals surface area contributed by atoms with Crippen LogP contribution in [0.1, 0.15) is 24.2 Å². The van der Waals surface area contributed by atoms with E-state index in [9.17, 15) is 9.59 Å². The Kier molecular flexibility index (Phi) is 4.46. The number of ether oxygens (including phenoxy) is 2. The maximum Gasteiger partial charge on any atom is 0.407 e. The van der Waals surface area contributed by atoms with Crippen LogP contribution < -0.4 is 26.4 Å². The number of nitrogens with two attached hydrogens (primary N) is 2. The maximum absolute atomic E-state index is 11.9. The summed E-state index contributed by atoms with van der Waals surface area (Å²) < 4.78 is 11.2. The number of anilines is 1. The normalized spacial score (nSPS) is 23.6. The minimum absolute atomic E-state index is 0.123. The lowest BCUT2D eigenvalue weighted by molar-refractivity contribution is 0.0994. The molecule has 3 atom stereocenters. The van der Waals surface area contributed by atoms with Crippen molar-refractivity contribution in [2.75, 3.05) is 18.0 Å². The molecule has 0 aliphatic carbocycles. The molecule has 0 spiro atoms. The van der Waals surface area contributed by atoms with Crippen LogP contribution in [-0.4, -0.2) is 54.4 Å². The number of pyridine rings is 1. The fraction of sp³-hybridized carbons (Fsp3) is 0.421. The number of alkyl carbamates (subject to hydrolysis) is 1. The van der Waals surface area contributed by atoms with Crippen LogP contribution in [0.25, 0.3) is 10.8 Å². The van der Waals surface area contributed by atoms with E-state index in [0.717, 1.165) is 10.8 Å². The standard InChI is InChI=1S/C19H23N5O4/c1-9(2)27-15-6-11-10(5-12(15)17(21)25)3-4-22-18(11)24-8-13-16(14(24)7-20)28-19(26)23-13/h3-6,9,13-14,16H,7-8,20H2,1-2H3,(H2,21,25)(H,23,26)/t13-,14?,16-/m1/s1. The summed E-state index contributed by atoms with van der Waals surface area (Å²) in [5, 5.41) is 4.44. The first-order valence-corrected chi connectivity index (χ1v) is 9.22. The average Bonchev–Trinajstić information content (AvgIpc) is 3.15. The molecule has 1 aromatic carbocycles. The molecule has 148 valence electrons. The zero-order valence-electron chi connectivity index (χ0n) is 15.7. The van der Waals surface area contributed by atoms with Gasteiger partial charge in [-0.2, -0.15) is 0 Å². The summed E-state index contributed by atoms with van der Waals surface area (Å²) in [5.74, 6) is 0.560. The van der Waals surface area contributed by atoms with E-state index in [-0.39, 0.29) is 24.3 Å². The van der Waals surface area contributed by atoms with Crippen LogP contribution in [0.15, 0.2) is 24.4 Å². The summed E-state index contributed by atoms with van der Waals surface area (Å²) in [6.07, 6.45) is 0.803. The van der Waals surface area contributed by atoms with Crippen LogP contribution in [0.5, 0.6) is 5.75 Å². The molecular formula is C19H23N5O4. The molecule has 28 heavy (non-hydrogen) atoms. The Balaban J connectivity index is 1.81. The minimum Gasteiger partial charge on any atom is -0.490 e. The highest BCUT2D eigenvalue weighted by molar-refractivity contribution is 6.03. The van der Waals surface area contributed by atoms with Crippen molar-refractivity contribution in [3.8, 4) is 5.75 Å². The summed E-state index contributed by atoms with van der Waals surface area (Å²) >= 11 is 0. The van der Waals surface area contributed by atoms with Crippen molar-refractivity contribution in [2.45, 2.75) is 38.1 Å². The summed E-state index contributed by atoms with van der Waals surface area (Å²) in [5.41, 5.74) is 11.9. The lowest BCUT2D eigenvalue weighted by Crippen LogP contribution is -2.42. The van der Waals surface area contributed by atoms with Crippen LogP contribution in [0.3, 0.4) is 0 Å². The number of aromatic nitrogens is 1. The third-order valence-electron chi connectivity index (χ3n) is 5.10. The molecule has 2 saturated heterocycles. The third-order valence-corrected chi connectivity index (χ3v) is 5.10. The van der Waals surface area contributed by atoms with Gasteiger partial charge in [-0.15, -0.1) is 0 Å². The van der Waals surface area contributed by atoms with Gasteiger partial charge in [0.15, 0.2) is 0 Å². The first kappa shape index (κ1) is 18.3. The average molecular weight is 385 g/mol. The monoisotopic (exact) mass is 385 g/mol. The lowest BCUT2D eigenvalue weighted by Gasteiger charge is -2.28. The fourth-order valence-electron chi connectivity index (χ4n) is 3.96. The number of rotatable bonds is 5. The van der Waals surface area contributed by atoms with Gasteiger partial charge in [-0.1, -0.05) is 0 Å². The molecule has 1 aromatic heterocycles. The number of nitrogens with zero attached hydrogens (tertiary/aromatic N) is 2. The number of hydrogen-bond acceptors (Lipinski definition) is 7. The Morgan fingerprint density at radius 3 is 2.93 bits per heavy atom. The molecule has 2 aliphatic heterocycles. The van der Waals surface area contributed by atoms with Crippen LogP contribution in [0, 0.1) is 0 Å². The van der Waals surface area contributed by atoms with E-state index in [1.54, 1.807) is 18.3 Å². The summed E-state index contributed by atoms with van der Waals surface area (Å²) in [4.78, 5) is 30.0. The fourth-order valence-corrected chi connectivity index (χ4v) is 3.96. The van der Waals surface area contributed by atoms with Gasteiger partial charge in [0.1, 0.15) is 17.7 Å². The van der Waals surface area contributed by atoms with Gasteiger partial charge in [0.25, 0.3) is 5.91 Å². The van der Waals surface area contributed by atoms with Crippen molar-refractivity contribution < 1.29 is 19.1 Å². The second-order valence-corrected chi connectivity index (χ2v) is 7.31. The Bertz CT molecular complexity index is 947. The molecule has 9 nitrogen and oxygen atoms in total. The number of hydrogen-bond donors (Lipinski definition) is 3. The van der Waals surface area contributed by atoms with Crippen molar-refractivity contribution in [3.05, 3.63) is 30.0 Å². The second kappa shape index (κ2) is 6.83. The van der Waals surface area contributed by atoms with Gasteiger partial charge >= 0.3 is 6.09 Å². The minimum atomic E-state index is -0.553. The van der Waals surface area contributed by atoms with Gasteiger partial charge < -0.3 is 31.2 Å². The zero-order chi connectivity index (χ0) is 20.0. The van der Waals surface area contributed by atoms with Gasteiger partial charge in [-0.05, 0) is 37.4 Å². The molecule has 9 heteroatoms. The molecule has 1 unspecified atom stereocenters. The van der Waals surface area contributed by atoms with Gasteiger partial charge in [-0.3, -0.25) is 4.79 Å². The van der Waals surface area contributed by atoms with Crippen molar-refractivity contribution in [2.24, 2.45) is 11.5 Å². The maximum atomic E-state index is 11.9. The molecule has 0 bridgehead atoms. The number of primary amides is 1. The first-order valence-electron chi connectivity index (χ1n) is 9.22. The highest BCUT2D eigenvalue weighted by atomic mass is 16.6. The van der Waals surface area contributed by atoms with Crippen LogP contribution >= 0.6 is 0 Å². The highest BCUT2D eigenvalue weighted by Gasteiger charge is 2.49. The Morgan fingerprint density at radius 2 is 2.25 bits per heavy atom. The number of benzene rings is 1. The molecule has 2 fully saturated rings. The van der Waals surface area contributed by atoms with Crippen molar-refractivity contribution >= 4 is 28.6 Å². The predicted molar refractivity (Wildman–Crippen MR) is 103 cm³/mol. The highest BCUT2D eigenvalue weighted by Crippen LogP contribution is 2.36. The van der Waals surface area contributed by atoms with Crippen LogP contribution in [0.2, 0.25) is 0 Å². The zero-order valence-corrected chi connectivity index (χ0v) is 15.7. The van der Waals surface area contributed by atoms with Crippen LogP contribution in [0.4, 0.5) is 10.6 Å². The Morgan fingerprint density at radius 1 is 1.46 bits per heavy atom. The molecule has 0 saturated carbocycles. The Hall–Kier alpha value is -3.07. The third kappa shape index (κ3) is 2.97. The van der Waals surface area contributed by atoms with E-state index in [1.807, 2.05) is 24.8 Å². The number of amides is 2. The van der Waals surface area contributed by atoms with Gasteiger partial charge in [0.2, 0.25) is 0 Å². The quantitative estimate of drug-likeness (QED) is 0.691. The summed E-state index contributed by atoms with van der Waals surface area (Å²) in [6, 6.07) is 4.98. The van der Waals surface area contributed by atoms with Gasteiger partial charge in [0.05, 0.1) is 23.8 Å². The van der Waals surface area contributed by atoms with Crippen molar-refractivity contribution in [1.29, 1.82) is 0 Å². The molecule has 2 amide bonds. The number of carbonyl (C=O) groups excluding carboxylic acids is 2. The van der Waals surface area contributed by atoms with Crippen molar-refractivity contribution in [3.63, 3.8) is 0 Å². The molecule has 4 rings (SSSR count). The molecule has 5 N–H and O–H groups in total. The predicted octanol–water partition coefficient (Wildman–Crippen LogP) is 0.745. The summed E-state index contributed by atoms with van der Waals surface area (Å²) in [7, 11) is 0. The first-order chi connectivity index (χ1) is 13.4. The van der Waals surface area contributed by atoms with E-state index in [0.29, 0.717) is 30.2 Å². The SMILES string of the molecule is CC(C)Oc1cc2c(N3C[C@H]4NC(=O)O[C@H]4C3CN)nccc2cc1C(N)=O. The van der Waals surface area contributed by atoms with E-state index >= 15 is 0 Å². The van der Waals surface area contributed by atoms with Gasteiger partial charge in [0, 0.05) is 24.7 Å². The largest absolute Gasteiger partial charge is 0.490 e. The summed E-state index contributed by atoms with van der Waals surface area (Å²) in [6.45, 7) is 4.60. The van der Waals surface area contributed by atoms with E-state index in [4.69, 9.17) is 20.9 Å². The molecule has 2 aliphatic rings. The number of fused-ring (bicyclic) bond motifs is 2. The van der Waals surface area contributed by atoms with E-state index < -0.39 is 12.0 Å². The lowest BCUT2D eigenvalue weighted by atomic mass is 10.1. The topological polar surface area (TPSA) is 133 Å². The molecule has 2 aromatic rings. The second-order valence-electron chi connectivity index (χ2n) is 7.31. The number of nitrogens with one attached hydrogen (secondary N) is 1. The Labute approximate surface area is 162 Å². The van der Waals surface area contributed by atoms with Crippen molar-refractivity contribution in [1.82, 2.24) is 10.3 Å². The van der Waals surface area contributed by atoms with E-state index in [1.165, 1.54) is 0 Å². The molecule has 0 radical (unpaired) electrons. The van der Waals surface area contributed by atoms with E-state index in [2.05, 4.69) is 10.3 Å². The number of carbonyl (C=O) groups is 2. The molecule has 3 heterocycles.